The van der Waals surface area contributed by atoms with Gasteiger partial charge in [0.2, 0.25) is 0 Å². The molecule has 1 fully saturated rings. The number of hydrogen-bond donors (Lipinski definition) is 1. The maximum absolute atomic E-state index is 8.09. The minimum atomic E-state index is -2.72. The zero-order valence-corrected chi connectivity index (χ0v) is 12.1. The number of nitrogens with zero attached hydrogens (tertiary/aromatic N) is 4. The summed E-state index contributed by atoms with van der Waals surface area (Å²) in [5, 5.41) is 34.7. The van der Waals surface area contributed by atoms with Gasteiger partial charge >= 0.3 is 6.15 Å². The molecule has 0 aliphatic carbocycles. The van der Waals surface area contributed by atoms with Crippen LogP contribution >= 0.6 is 0 Å². The molecule has 106 valence electrons. The van der Waals surface area contributed by atoms with Crippen molar-refractivity contribution in [3.8, 4) is 23.9 Å². The van der Waals surface area contributed by atoms with Gasteiger partial charge in [0.1, 0.15) is 12.1 Å². The van der Waals surface area contributed by atoms with Crippen molar-refractivity contribution >= 4 is 6.15 Å². The fourth-order valence-corrected chi connectivity index (χ4v) is 2.01. The third-order valence-electron chi connectivity index (χ3n) is 3.37. The maximum atomic E-state index is 8.09. The Morgan fingerprint density at radius 3 is 1.90 bits per heavy atom. The highest BCUT2D eigenvalue weighted by atomic mass is 16.5. The van der Waals surface area contributed by atoms with E-state index in [0.717, 1.165) is 26.1 Å². The van der Waals surface area contributed by atoms with Crippen LogP contribution in [0.5, 0.6) is 0 Å². The van der Waals surface area contributed by atoms with Gasteiger partial charge in [-0.25, -0.2) is 21.0 Å². The second kappa shape index (κ2) is 8.95. The van der Waals surface area contributed by atoms with E-state index in [-0.39, 0.29) is 5.60 Å². The lowest BCUT2D eigenvalue weighted by Crippen LogP contribution is -2.91. The molecule has 7 heteroatoms. The van der Waals surface area contributed by atoms with Gasteiger partial charge in [-0.05, 0) is 12.8 Å². The summed E-state index contributed by atoms with van der Waals surface area (Å²) < 4.78 is 5.82. The fourth-order valence-electron chi connectivity index (χ4n) is 2.01. The van der Waals surface area contributed by atoms with E-state index < -0.39 is 6.15 Å². The fraction of sp³-hybridized carbons (Fsp3) is 0.692. The van der Waals surface area contributed by atoms with Gasteiger partial charge in [-0.3, -0.25) is 0 Å². The van der Waals surface area contributed by atoms with E-state index in [2.05, 4.69) is 19.2 Å². The Bertz CT molecular complexity index is 392. The summed E-state index contributed by atoms with van der Waals surface area (Å²) in [4.78, 5) is 0. The molecule has 0 spiro atoms. The second-order valence-corrected chi connectivity index (χ2v) is 4.80. The van der Waals surface area contributed by atoms with Gasteiger partial charge in [0.15, 0.2) is 0 Å². The van der Waals surface area contributed by atoms with Crippen molar-refractivity contribution < 1.29 is 10.1 Å². The molecule has 0 aromatic carbocycles. The Labute approximate surface area is 120 Å². The van der Waals surface area contributed by atoms with Gasteiger partial charge < -0.3 is 10.1 Å². The average Bonchev–Trinajstić information content (AvgIpc) is 2.52. The van der Waals surface area contributed by atoms with Crippen molar-refractivity contribution in [1.82, 2.24) is 0 Å². The molecule has 0 radical (unpaired) electrons. The molecule has 2 N–H and O–H groups in total. The molecule has 20 heavy (non-hydrogen) atoms. The smallest absolute Gasteiger partial charge is 0.363 e. The first-order chi connectivity index (χ1) is 9.57. The van der Waals surface area contributed by atoms with E-state index in [4.69, 9.17) is 25.8 Å². The van der Waals surface area contributed by atoms with Gasteiger partial charge in [-0.15, -0.1) is 23.9 Å². The number of nitrogens with two attached hydrogens (primary N) is 1. The van der Waals surface area contributed by atoms with Crippen LogP contribution < -0.4 is 5.32 Å². The van der Waals surface area contributed by atoms with Gasteiger partial charge in [-0.1, -0.05) is 20.3 Å². The molecule has 0 aromatic heterocycles. The molecule has 0 aromatic rings. The predicted octanol–water partition coefficient (Wildman–Crippen LogP) is 0.215. The highest BCUT2D eigenvalue weighted by Gasteiger charge is 2.32. The molecule has 6 nitrogen and oxygen atoms in total. The Kier molecular flexibility index (Phi) is 8.03. The van der Waals surface area contributed by atoms with Crippen molar-refractivity contribution in [1.29, 1.82) is 21.0 Å². The summed E-state index contributed by atoms with van der Waals surface area (Å²) in [6, 6.07) is 0. The van der Waals surface area contributed by atoms with E-state index in [1.165, 1.54) is 36.7 Å². The van der Waals surface area contributed by atoms with Crippen LogP contribution in [-0.4, -0.2) is 31.4 Å². The standard InChI is InChI=1S/C9H19NO.C4BN4/c1-3-5-9(4-2)8-10-6-7-11-9;6-1-5(2-7,3-8)4-9/h10H,3-8H2,1-2H3;/q;-1/p+1. The Morgan fingerprint density at radius 1 is 1.10 bits per heavy atom. The maximum Gasteiger partial charge on any atom is 0.383 e. The first-order valence-electron chi connectivity index (χ1n) is 6.83. The molecule has 1 rings (SSSR count). The van der Waals surface area contributed by atoms with Crippen LogP contribution in [0.25, 0.3) is 0 Å². The minimum absolute atomic E-state index is 0.215. The van der Waals surface area contributed by atoms with Gasteiger partial charge in [0.05, 0.1) is 13.2 Å². The molecule has 0 amide bonds. The highest BCUT2D eigenvalue weighted by Crippen LogP contribution is 2.21. The SMILES string of the molecule is CCCC1(CC)C[NH2+]CCO1.N#C[B-](C#N)(C#N)C#N. The summed E-state index contributed by atoms with van der Waals surface area (Å²) in [6.45, 7) is 7.71. The molecule has 1 atom stereocenters. The zero-order valence-electron chi connectivity index (χ0n) is 12.1. The molecule has 0 saturated carbocycles. The lowest BCUT2D eigenvalue weighted by molar-refractivity contribution is -0.686. The quantitative estimate of drug-likeness (QED) is 0.737. The molecule has 1 unspecified atom stereocenters. The largest absolute Gasteiger partial charge is 0.383 e. The molecule has 0 bridgehead atoms. The number of nitriles is 4. The average molecular weight is 273 g/mol. The monoisotopic (exact) mass is 273 g/mol. The number of quaternary nitrogens is 1. The van der Waals surface area contributed by atoms with Crippen molar-refractivity contribution in [2.45, 2.75) is 38.7 Å². The van der Waals surface area contributed by atoms with Crippen LogP contribution in [0.15, 0.2) is 0 Å². The van der Waals surface area contributed by atoms with E-state index >= 15 is 0 Å². The van der Waals surface area contributed by atoms with E-state index in [0.29, 0.717) is 0 Å². The summed E-state index contributed by atoms with van der Waals surface area (Å²) in [5.74, 6) is 5.38. The first-order valence-corrected chi connectivity index (χ1v) is 6.83. The molecule has 1 saturated heterocycles. The number of hydrogen-bond acceptors (Lipinski definition) is 5. The third kappa shape index (κ3) is 4.91. The lowest BCUT2D eigenvalue weighted by atomic mass is 9.30. The molecule has 1 aliphatic rings. The Morgan fingerprint density at radius 2 is 1.65 bits per heavy atom. The van der Waals surface area contributed by atoms with Crippen LogP contribution in [0.2, 0.25) is 0 Å². The minimum Gasteiger partial charge on any atom is -0.363 e. The highest BCUT2D eigenvalue weighted by molar-refractivity contribution is 7.05. The zero-order chi connectivity index (χ0) is 15.5. The van der Waals surface area contributed by atoms with Gasteiger partial charge in [-0.2, -0.15) is 0 Å². The van der Waals surface area contributed by atoms with E-state index in [9.17, 15) is 0 Å². The molecule has 1 aliphatic heterocycles. The normalized spacial score (nSPS) is 21.1. The second-order valence-electron chi connectivity index (χ2n) is 4.80. The van der Waals surface area contributed by atoms with Crippen molar-refractivity contribution in [2.24, 2.45) is 0 Å². The summed E-state index contributed by atoms with van der Waals surface area (Å²) in [7, 11) is 0. The van der Waals surface area contributed by atoms with Crippen LogP contribution in [-0.2, 0) is 4.74 Å². The van der Waals surface area contributed by atoms with Gasteiger partial charge in [0, 0.05) is 0 Å². The van der Waals surface area contributed by atoms with Crippen LogP contribution in [0.1, 0.15) is 33.1 Å². The topological polar surface area (TPSA) is 121 Å². The summed E-state index contributed by atoms with van der Waals surface area (Å²) in [6.07, 6.45) is 0.902. The van der Waals surface area contributed by atoms with Crippen molar-refractivity contribution in [2.75, 3.05) is 19.7 Å². The Balaban J connectivity index is 0.000000370. The van der Waals surface area contributed by atoms with Crippen LogP contribution in [0.4, 0.5) is 0 Å². The molecule has 1 heterocycles. The lowest BCUT2D eigenvalue weighted by Gasteiger charge is -2.34. The van der Waals surface area contributed by atoms with E-state index in [1.807, 2.05) is 0 Å². The number of rotatable bonds is 3. The Hall–Kier alpha value is -2.06. The number of ether oxygens (including phenoxy) is 1. The molecular formula is C13H20BN5O. The van der Waals surface area contributed by atoms with Gasteiger partial charge in [0.25, 0.3) is 0 Å². The summed E-state index contributed by atoms with van der Waals surface area (Å²) in [5.41, 5.74) is 0.215. The van der Waals surface area contributed by atoms with E-state index in [1.54, 1.807) is 0 Å². The van der Waals surface area contributed by atoms with Crippen molar-refractivity contribution in [3.63, 3.8) is 0 Å². The predicted molar refractivity (Wildman–Crippen MR) is 73.7 cm³/mol. The molecular weight excluding hydrogens is 253 g/mol. The number of morpholine rings is 1. The third-order valence-corrected chi connectivity index (χ3v) is 3.37. The van der Waals surface area contributed by atoms with Crippen molar-refractivity contribution in [3.05, 3.63) is 0 Å². The first kappa shape index (κ1) is 17.9. The summed E-state index contributed by atoms with van der Waals surface area (Å²) >= 11 is 0. The van der Waals surface area contributed by atoms with Crippen LogP contribution in [0.3, 0.4) is 0 Å². The van der Waals surface area contributed by atoms with Crippen LogP contribution in [0, 0.1) is 44.9 Å².